The first-order valence-electron chi connectivity index (χ1n) is 5.80. The Hall–Kier alpha value is 0.0600. The lowest BCUT2D eigenvalue weighted by atomic mass is 9.86. The summed E-state index contributed by atoms with van der Waals surface area (Å²) < 4.78 is 11.0. The lowest BCUT2D eigenvalue weighted by molar-refractivity contribution is 0.0477. The number of hydrogen-bond acceptors (Lipinski definition) is 2. The van der Waals surface area contributed by atoms with Crippen LogP contribution in [0.15, 0.2) is 0 Å². The monoisotopic (exact) mass is 216 g/mol. The van der Waals surface area contributed by atoms with Gasteiger partial charge < -0.3 is 5.11 Å². The molecule has 0 saturated heterocycles. The Morgan fingerprint density at radius 2 is 1.71 bits per heavy atom. The van der Waals surface area contributed by atoms with Crippen molar-refractivity contribution >= 4 is 8.46 Å². The second-order valence-corrected chi connectivity index (χ2v) is 5.32. The summed E-state index contributed by atoms with van der Waals surface area (Å²) in [6, 6.07) is 0. The zero-order valence-corrected chi connectivity index (χ0v) is 9.93. The first kappa shape index (κ1) is 12.1. The van der Waals surface area contributed by atoms with Crippen molar-refractivity contribution in [2.75, 3.05) is 0 Å². The molecule has 82 valence electrons. The summed E-state index contributed by atoms with van der Waals surface area (Å²) in [5, 5.41) is 9.20. The van der Waals surface area contributed by atoms with Crippen molar-refractivity contribution in [1.29, 1.82) is 0 Å². The Balaban J connectivity index is 2.57. The van der Waals surface area contributed by atoms with E-state index in [1.54, 1.807) is 0 Å². The van der Waals surface area contributed by atoms with Crippen LogP contribution >= 0.6 is 8.46 Å². The number of aliphatic hydroxyl groups is 1. The molecular weight excluding hydrogens is 195 g/mol. The molecule has 0 radical (unpaired) electrons. The van der Waals surface area contributed by atoms with Gasteiger partial charge in [0.25, 0.3) is 0 Å². The van der Waals surface area contributed by atoms with Gasteiger partial charge in [-0.05, 0) is 25.2 Å². The highest BCUT2D eigenvalue weighted by molar-refractivity contribution is 7.25. The predicted molar refractivity (Wildman–Crippen MR) is 58.7 cm³/mol. The Kier molecular flexibility index (Phi) is 5.05. The normalized spacial score (nSPS) is 25.3. The molecule has 0 amide bonds. The van der Waals surface area contributed by atoms with Crippen LogP contribution < -0.4 is 0 Å². The van der Waals surface area contributed by atoms with E-state index >= 15 is 0 Å². The van der Waals surface area contributed by atoms with E-state index in [0.29, 0.717) is 6.42 Å². The first-order chi connectivity index (χ1) is 6.73. The van der Waals surface area contributed by atoms with Crippen LogP contribution in [0, 0.1) is 5.92 Å². The maximum Gasteiger partial charge on any atom is 0.190 e. The van der Waals surface area contributed by atoms with Crippen molar-refractivity contribution in [2.45, 2.75) is 63.6 Å². The molecule has 3 heteroatoms. The molecule has 1 fully saturated rings. The van der Waals surface area contributed by atoms with Crippen molar-refractivity contribution in [3.63, 3.8) is 0 Å². The van der Waals surface area contributed by atoms with Gasteiger partial charge >= 0.3 is 0 Å². The van der Waals surface area contributed by atoms with Crippen LogP contribution in [0.5, 0.6) is 0 Å². The molecule has 0 heterocycles. The second-order valence-electron chi connectivity index (χ2n) is 4.37. The lowest BCUT2D eigenvalue weighted by Crippen LogP contribution is -2.31. The fourth-order valence-corrected chi connectivity index (χ4v) is 2.88. The highest BCUT2D eigenvalue weighted by atomic mass is 31.1. The molecule has 0 bridgehead atoms. The quantitative estimate of drug-likeness (QED) is 0.730. The van der Waals surface area contributed by atoms with E-state index in [1.165, 1.54) is 32.1 Å². The molecule has 1 N–H and O–H groups in total. The molecule has 0 aromatic carbocycles. The van der Waals surface area contributed by atoms with E-state index < -0.39 is 5.34 Å². The highest BCUT2D eigenvalue weighted by Gasteiger charge is 2.35. The van der Waals surface area contributed by atoms with Gasteiger partial charge in [0.2, 0.25) is 0 Å². The average Bonchev–Trinajstić information content (AvgIpc) is 2.16. The first-order valence-corrected chi connectivity index (χ1v) is 6.61. The van der Waals surface area contributed by atoms with Crippen molar-refractivity contribution in [2.24, 2.45) is 5.92 Å². The standard InChI is InChI=1S/C11H21O2P/c1-2-11(12,14-13)10-8-6-4-3-5-7-9-10/h10,12H,2-9H2,1H3. The molecule has 0 aromatic rings. The maximum atomic E-state index is 11.0. The van der Waals surface area contributed by atoms with Crippen LogP contribution in [0.1, 0.15) is 58.3 Å². The average molecular weight is 216 g/mol. The van der Waals surface area contributed by atoms with Crippen molar-refractivity contribution in [1.82, 2.24) is 0 Å². The summed E-state index contributed by atoms with van der Waals surface area (Å²) in [6.07, 6.45) is 8.91. The van der Waals surface area contributed by atoms with E-state index in [9.17, 15) is 9.67 Å². The lowest BCUT2D eigenvalue weighted by Gasteiger charge is -2.30. The van der Waals surface area contributed by atoms with Crippen molar-refractivity contribution < 1.29 is 9.67 Å². The minimum Gasteiger partial charge on any atom is -0.377 e. The highest BCUT2D eigenvalue weighted by Crippen LogP contribution is 2.39. The Morgan fingerprint density at radius 3 is 2.14 bits per heavy atom. The van der Waals surface area contributed by atoms with E-state index in [4.69, 9.17) is 0 Å². The zero-order chi connectivity index (χ0) is 10.4. The minimum atomic E-state index is -0.947. The third kappa shape index (κ3) is 3.03. The van der Waals surface area contributed by atoms with E-state index in [2.05, 4.69) is 0 Å². The summed E-state index contributed by atoms with van der Waals surface area (Å²) in [5.74, 6) is 0.243. The zero-order valence-electron chi connectivity index (χ0n) is 9.04. The van der Waals surface area contributed by atoms with Gasteiger partial charge in [-0.25, -0.2) is 0 Å². The molecule has 2 nitrogen and oxygen atoms in total. The summed E-state index contributed by atoms with van der Waals surface area (Å²) in [7, 11) is -0.0834. The molecule has 0 aliphatic heterocycles. The van der Waals surface area contributed by atoms with Gasteiger partial charge in [0, 0.05) is 0 Å². The predicted octanol–water partition coefficient (Wildman–Crippen LogP) is 3.74. The Morgan fingerprint density at radius 1 is 1.21 bits per heavy atom. The van der Waals surface area contributed by atoms with Gasteiger partial charge in [-0.15, -0.1) is 0 Å². The summed E-state index contributed by atoms with van der Waals surface area (Å²) in [4.78, 5) is 0. The molecule has 1 rings (SSSR count). The smallest absolute Gasteiger partial charge is 0.190 e. The van der Waals surface area contributed by atoms with Crippen LogP contribution in [0.4, 0.5) is 0 Å². The molecule has 1 unspecified atom stereocenters. The van der Waals surface area contributed by atoms with Crippen LogP contribution in [-0.2, 0) is 4.57 Å². The molecule has 1 saturated carbocycles. The van der Waals surface area contributed by atoms with Gasteiger partial charge in [-0.3, -0.25) is 4.57 Å². The minimum absolute atomic E-state index is 0.0834. The third-order valence-electron chi connectivity index (χ3n) is 3.44. The van der Waals surface area contributed by atoms with E-state index in [0.717, 1.165) is 12.8 Å². The largest absolute Gasteiger partial charge is 0.377 e. The molecule has 0 aromatic heterocycles. The third-order valence-corrected chi connectivity index (χ3v) is 4.43. The van der Waals surface area contributed by atoms with Crippen LogP contribution in [0.3, 0.4) is 0 Å². The van der Waals surface area contributed by atoms with Gasteiger partial charge in [0.05, 0.1) is 0 Å². The molecule has 0 spiro atoms. The van der Waals surface area contributed by atoms with Crippen LogP contribution in [-0.4, -0.2) is 10.4 Å². The molecule has 1 aliphatic rings. The summed E-state index contributed by atoms with van der Waals surface area (Å²) in [6.45, 7) is 1.92. The van der Waals surface area contributed by atoms with Gasteiger partial charge in [0.15, 0.2) is 8.46 Å². The topological polar surface area (TPSA) is 37.3 Å². The maximum absolute atomic E-state index is 11.0. The van der Waals surface area contributed by atoms with Crippen molar-refractivity contribution in [3.8, 4) is 0 Å². The number of rotatable bonds is 3. The van der Waals surface area contributed by atoms with Crippen LogP contribution in [0.2, 0.25) is 0 Å². The van der Waals surface area contributed by atoms with Crippen LogP contribution in [0.25, 0.3) is 0 Å². The summed E-state index contributed by atoms with van der Waals surface area (Å²) >= 11 is 0. The van der Waals surface area contributed by atoms with Gasteiger partial charge in [-0.2, -0.15) is 0 Å². The number of hydrogen-bond donors (Lipinski definition) is 1. The van der Waals surface area contributed by atoms with Gasteiger partial charge in [-0.1, -0.05) is 39.0 Å². The van der Waals surface area contributed by atoms with E-state index in [-0.39, 0.29) is 14.4 Å². The van der Waals surface area contributed by atoms with E-state index in [1.807, 2.05) is 6.92 Å². The molecule has 14 heavy (non-hydrogen) atoms. The summed E-state index contributed by atoms with van der Waals surface area (Å²) in [5.41, 5.74) is 0. The van der Waals surface area contributed by atoms with Crippen molar-refractivity contribution in [3.05, 3.63) is 0 Å². The fourth-order valence-electron chi connectivity index (χ4n) is 2.35. The molecule has 1 aliphatic carbocycles. The Labute approximate surface area is 88.3 Å². The molecule has 1 atom stereocenters. The second kappa shape index (κ2) is 5.82. The molecular formula is C11H21O2P. The Bertz CT molecular complexity index is 176. The SMILES string of the molecule is CCC(O)(P=O)C1CCCCCCC1. The fraction of sp³-hybridized carbons (Fsp3) is 1.00. The van der Waals surface area contributed by atoms with Gasteiger partial charge in [0.1, 0.15) is 5.34 Å².